The van der Waals surface area contributed by atoms with Gasteiger partial charge in [0.15, 0.2) is 11.5 Å². The molecule has 0 atom stereocenters. The lowest BCUT2D eigenvalue weighted by atomic mass is 9.39. The Kier molecular flexibility index (Phi) is 5.58. The Balaban J connectivity index is 1.51. The van der Waals surface area contributed by atoms with Crippen LogP contribution in [0.25, 0.3) is 0 Å². The molecule has 32 heavy (non-hydrogen) atoms. The van der Waals surface area contributed by atoms with Crippen molar-refractivity contribution in [2.45, 2.75) is 39.3 Å². The molecule has 2 N–H and O–H groups in total. The van der Waals surface area contributed by atoms with Gasteiger partial charge in [-0.25, -0.2) is 0 Å². The van der Waals surface area contributed by atoms with Crippen LogP contribution in [0, 0.1) is 10.8 Å². The topological polar surface area (TPSA) is 65.4 Å². The van der Waals surface area contributed by atoms with Crippen LogP contribution in [0.5, 0.6) is 17.2 Å². The van der Waals surface area contributed by atoms with E-state index in [-0.39, 0.29) is 22.6 Å². The number of hydrogen-bond donors (Lipinski definition) is 2. The third kappa shape index (κ3) is 3.15. The molecular weight excluding hydrogens is 404 g/mol. The third-order valence-electron chi connectivity index (χ3n) is 7.93. The van der Waals surface area contributed by atoms with E-state index < -0.39 is 5.60 Å². The molecule has 2 fully saturated rings. The predicted octanol–water partition coefficient (Wildman–Crippen LogP) is 3.85. The summed E-state index contributed by atoms with van der Waals surface area (Å²) in [5.74, 6) is 1.70. The molecule has 0 aromatic heterocycles. The molecule has 4 rings (SSSR count). The number of hydrogen-bond acceptors (Lipinski definition) is 6. The van der Waals surface area contributed by atoms with E-state index >= 15 is 0 Å². The van der Waals surface area contributed by atoms with Crippen LogP contribution in [-0.4, -0.2) is 61.6 Å². The van der Waals surface area contributed by atoms with Crippen molar-refractivity contribution < 1.29 is 19.7 Å². The van der Waals surface area contributed by atoms with E-state index in [9.17, 15) is 10.2 Å². The number of methoxy groups -OCH3 is 2. The van der Waals surface area contributed by atoms with Gasteiger partial charge in [0.2, 0.25) is 0 Å². The number of ether oxygens (including phenoxy) is 2. The second kappa shape index (κ2) is 7.85. The quantitative estimate of drug-likeness (QED) is 0.736. The van der Waals surface area contributed by atoms with Crippen molar-refractivity contribution in [1.29, 1.82) is 0 Å². The van der Waals surface area contributed by atoms with Crippen molar-refractivity contribution in [1.82, 2.24) is 4.90 Å². The van der Waals surface area contributed by atoms with E-state index in [0.717, 1.165) is 48.9 Å². The Hall–Kier alpha value is -2.44. The Labute approximate surface area is 191 Å². The van der Waals surface area contributed by atoms with Crippen LogP contribution < -0.4 is 14.4 Å². The second-order valence-electron chi connectivity index (χ2n) is 10.2. The smallest absolute Gasteiger partial charge is 0.162 e. The molecule has 6 nitrogen and oxygen atoms in total. The van der Waals surface area contributed by atoms with Crippen LogP contribution >= 0.6 is 0 Å². The molecular formula is C26H36N2O4. The highest BCUT2D eigenvalue weighted by molar-refractivity contribution is 5.56. The molecule has 1 aliphatic carbocycles. The van der Waals surface area contributed by atoms with E-state index in [0.29, 0.717) is 0 Å². The van der Waals surface area contributed by atoms with Gasteiger partial charge in [-0.2, -0.15) is 0 Å². The Morgan fingerprint density at radius 2 is 1.38 bits per heavy atom. The van der Waals surface area contributed by atoms with E-state index in [1.807, 2.05) is 24.3 Å². The fourth-order valence-corrected chi connectivity index (χ4v) is 6.67. The number of phenols is 1. The molecule has 174 valence electrons. The lowest BCUT2D eigenvalue weighted by Crippen LogP contribution is -2.79. The molecule has 6 heteroatoms. The van der Waals surface area contributed by atoms with Crippen molar-refractivity contribution in [2.75, 3.05) is 45.3 Å². The molecule has 1 saturated heterocycles. The summed E-state index contributed by atoms with van der Waals surface area (Å²) in [6, 6.07) is 13.3. The average Bonchev–Trinajstić information content (AvgIpc) is 2.78. The van der Waals surface area contributed by atoms with E-state index in [1.54, 1.807) is 26.4 Å². The maximum atomic E-state index is 11.9. The van der Waals surface area contributed by atoms with Gasteiger partial charge in [0.1, 0.15) is 11.4 Å². The number of aromatic hydroxyl groups is 1. The molecule has 0 radical (unpaired) electrons. The lowest BCUT2D eigenvalue weighted by Gasteiger charge is -2.72. The molecule has 2 aromatic carbocycles. The fourth-order valence-electron chi connectivity index (χ4n) is 6.67. The summed E-state index contributed by atoms with van der Waals surface area (Å²) in [5.41, 5.74) is 0.358. The molecule has 2 aliphatic rings. The Morgan fingerprint density at radius 3 is 1.91 bits per heavy atom. The van der Waals surface area contributed by atoms with Crippen molar-refractivity contribution in [3.05, 3.63) is 48.0 Å². The number of nitrogens with zero attached hydrogens (tertiary/aromatic N) is 2. The highest BCUT2D eigenvalue weighted by Gasteiger charge is 2.73. The lowest BCUT2D eigenvalue weighted by molar-refractivity contribution is -0.307. The highest BCUT2D eigenvalue weighted by atomic mass is 16.5. The second-order valence-corrected chi connectivity index (χ2v) is 10.2. The molecule has 1 heterocycles. The first-order chi connectivity index (χ1) is 15.1. The number of rotatable bonds is 5. The minimum atomic E-state index is -0.973. The standard InChI is InChI=1S/C26H36N2O4/c1-24(2)23(25(3,4)26(24,30)18-7-10-20(29)11-8-18)28-15-13-27(14-16-28)19-9-12-21(31-5)22(17-19)32-6/h7-12,17,23,29-30H,13-16H2,1-6H3. The van der Waals surface area contributed by atoms with Crippen LogP contribution in [-0.2, 0) is 5.60 Å². The van der Waals surface area contributed by atoms with Gasteiger partial charge in [-0.05, 0) is 29.8 Å². The van der Waals surface area contributed by atoms with Crippen LogP contribution in [0.15, 0.2) is 42.5 Å². The van der Waals surface area contributed by atoms with E-state index in [4.69, 9.17) is 9.47 Å². The first-order valence-electron chi connectivity index (χ1n) is 11.3. The van der Waals surface area contributed by atoms with Crippen LogP contribution in [0.3, 0.4) is 0 Å². The summed E-state index contributed by atoms with van der Waals surface area (Å²) in [6.07, 6.45) is 0. The third-order valence-corrected chi connectivity index (χ3v) is 7.93. The molecule has 1 saturated carbocycles. The van der Waals surface area contributed by atoms with Gasteiger partial charge in [0.05, 0.1) is 14.2 Å². The summed E-state index contributed by atoms with van der Waals surface area (Å²) in [5, 5.41) is 21.6. The summed E-state index contributed by atoms with van der Waals surface area (Å²) < 4.78 is 10.8. The van der Waals surface area contributed by atoms with Crippen molar-refractivity contribution in [3.8, 4) is 17.2 Å². The SMILES string of the molecule is COc1ccc(N2CCN(C3C(C)(C)C(O)(c4ccc(O)cc4)C3(C)C)CC2)cc1OC. The maximum absolute atomic E-state index is 11.9. The molecule has 0 bridgehead atoms. The summed E-state index contributed by atoms with van der Waals surface area (Å²) in [7, 11) is 3.31. The number of piperazine rings is 1. The van der Waals surface area contributed by atoms with Crippen LogP contribution in [0.1, 0.15) is 33.3 Å². The zero-order chi connectivity index (χ0) is 23.3. The number of anilines is 1. The number of aliphatic hydroxyl groups is 1. The largest absolute Gasteiger partial charge is 0.508 e. The minimum absolute atomic E-state index is 0.218. The fraction of sp³-hybridized carbons (Fsp3) is 0.538. The van der Waals surface area contributed by atoms with Crippen molar-refractivity contribution in [3.63, 3.8) is 0 Å². The minimum Gasteiger partial charge on any atom is -0.508 e. The monoisotopic (exact) mass is 440 g/mol. The van der Waals surface area contributed by atoms with Gasteiger partial charge < -0.3 is 24.6 Å². The van der Waals surface area contributed by atoms with Crippen molar-refractivity contribution >= 4 is 5.69 Å². The van der Waals surface area contributed by atoms with Gasteiger partial charge in [-0.1, -0.05) is 39.8 Å². The van der Waals surface area contributed by atoms with Gasteiger partial charge in [0, 0.05) is 54.8 Å². The van der Waals surface area contributed by atoms with Crippen LogP contribution in [0.2, 0.25) is 0 Å². The summed E-state index contributed by atoms with van der Waals surface area (Å²) >= 11 is 0. The van der Waals surface area contributed by atoms with E-state index in [2.05, 4.69) is 43.6 Å². The summed E-state index contributed by atoms with van der Waals surface area (Å²) in [6.45, 7) is 12.3. The number of phenolic OH excluding ortho intramolecular Hbond substituents is 1. The molecule has 2 aromatic rings. The normalized spacial score (nSPS) is 27.0. The average molecular weight is 441 g/mol. The van der Waals surface area contributed by atoms with Gasteiger partial charge >= 0.3 is 0 Å². The molecule has 0 spiro atoms. The van der Waals surface area contributed by atoms with Crippen molar-refractivity contribution in [2.24, 2.45) is 10.8 Å². The molecule has 0 amide bonds. The molecule has 1 aliphatic heterocycles. The van der Waals surface area contributed by atoms with Gasteiger partial charge in [-0.3, -0.25) is 4.90 Å². The first-order valence-corrected chi connectivity index (χ1v) is 11.3. The molecule has 0 unspecified atom stereocenters. The summed E-state index contributed by atoms with van der Waals surface area (Å²) in [4.78, 5) is 4.91. The highest BCUT2D eigenvalue weighted by Crippen LogP contribution is 2.68. The first kappa shape index (κ1) is 22.7. The van der Waals surface area contributed by atoms with E-state index in [1.165, 1.54) is 0 Å². The Bertz CT molecular complexity index is 946. The van der Waals surface area contributed by atoms with Gasteiger partial charge in [-0.15, -0.1) is 0 Å². The zero-order valence-corrected chi connectivity index (χ0v) is 20.1. The van der Waals surface area contributed by atoms with Crippen LogP contribution in [0.4, 0.5) is 5.69 Å². The maximum Gasteiger partial charge on any atom is 0.162 e. The zero-order valence-electron chi connectivity index (χ0n) is 20.1. The Morgan fingerprint density at radius 1 is 0.812 bits per heavy atom. The number of benzene rings is 2. The predicted molar refractivity (Wildman–Crippen MR) is 127 cm³/mol. The van der Waals surface area contributed by atoms with Gasteiger partial charge in [0.25, 0.3) is 0 Å².